The van der Waals surface area contributed by atoms with Gasteiger partial charge in [-0.05, 0) is 25.3 Å². The number of imidazole rings is 1. The van der Waals surface area contributed by atoms with E-state index in [4.69, 9.17) is 4.98 Å². The van der Waals surface area contributed by atoms with Crippen LogP contribution in [0.4, 0.5) is 0 Å². The highest BCUT2D eigenvalue weighted by Gasteiger charge is 2.23. The number of nitrogens with zero attached hydrogens (tertiary/aromatic N) is 2. The predicted octanol–water partition coefficient (Wildman–Crippen LogP) is 2.14. The second-order valence-electron chi connectivity index (χ2n) is 4.67. The molecule has 2 heterocycles. The average molecular weight is 207 g/mol. The van der Waals surface area contributed by atoms with E-state index >= 15 is 0 Å². The fraction of sp³-hybridized carbons (Fsp3) is 0.750. The molecule has 0 aliphatic carbocycles. The van der Waals surface area contributed by atoms with Gasteiger partial charge >= 0.3 is 0 Å². The summed E-state index contributed by atoms with van der Waals surface area (Å²) in [5, 5.41) is 3.59. The Balaban J connectivity index is 2.34. The summed E-state index contributed by atoms with van der Waals surface area (Å²) in [6.45, 7) is 8.90. The standard InChI is InChI=1S/C12H21N3/c1-4-10-8-15-7-5-6-13-11(9(2)3)12(15)14-10/h8-9,11,13H,4-7H2,1-3H3/t11-/m1/s1. The molecule has 0 unspecified atom stereocenters. The maximum Gasteiger partial charge on any atom is 0.126 e. The van der Waals surface area contributed by atoms with Crippen LogP contribution in [0.1, 0.15) is 44.8 Å². The Morgan fingerprint density at radius 1 is 1.60 bits per heavy atom. The van der Waals surface area contributed by atoms with E-state index in [0.717, 1.165) is 19.5 Å². The summed E-state index contributed by atoms with van der Waals surface area (Å²) in [5.41, 5.74) is 1.22. The molecule has 84 valence electrons. The van der Waals surface area contributed by atoms with Crippen molar-refractivity contribution in [3.63, 3.8) is 0 Å². The molecule has 1 N–H and O–H groups in total. The third-order valence-electron chi connectivity index (χ3n) is 3.10. The lowest BCUT2D eigenvalue weighted by atomic mass is 10.0. The molecule has 1 aromatic rings. The van der Waals surface area contributed by atoms with Crippen molar-refractivity contribution in [2.75, 3.05) is 6.54 Å². The van der Waals surface area contributed by atoms with Crippen LogP contribution in [0.25, 0.3) is 0 Å². The Labute approximate surface area is 91.9 Å². The minimum Gasteiger partial charge on any atom is -0.333 e. The fourth-order valence-electron chi connectivity index (χ4n) is 2.22. The number of nitrogens with one attached hydrogen (secondary N) is 1. The van der Waals surface area contributed by atoms with E-state index in [1.807, 2.05) is 0 Å². The molecule has 0 spiro atoms. The molecule has 0 amide bonds. The predicted molar refractivity (Wildman–Crippen MR) is 61.8 cm³/mol. The molecule has 15 heavy (non-hydrogen) atoms. The maximum absolute atomic E-state index is 4.73. The lowest BCUT2D eigenvalue weighted by Crippen LogP contribution is -2.26. The number of hydrogen-bond acceptors (Lipinski definition) is 2. The van der Waals surface area contributed by atoms with Gasteiger partial charge in [0.1, 0.15) is 5.82 Å². The van der Waals surface area contributed by atoms with Crippen molar-refractivity contribution >= 4 is 0 Å². The lowest BCUT2D eigenvalue weighted by Gasteiger charge is -2.19. The Kier molecular flexibility index (Phi) is 3.10. The zero-order chi connectivity index (χ0) is 10.8. The SMILES string of the molecule is CCc1cn2c(n1)[C@@H](C(C)C)NCCC2. The number of aryl methyl sites for hydroxylation is 2. The van der Waals surface area contributed by atoms with E-state index in [-0.39, 0.29) is 0 Å². The minimum atomic E-state index is 0.424. The summed E-state index contributed by atoms with van der Waals surface area (Å²) in [7, 11) is 0. The highest BCUT2D eigenvalue weighted by molar-refractivity contribution is 5.09. The van der Waals surface area contributed by atoms with Crippen molar-refractivity contribution < 1.29 is 0 Å². The summed E-state index contributed by atoms with van der Waals surface area (Å²) in [6.07, 6.45) is 4.46. The van der Waals surface area contributed by atoms with Gasteiger partial charge in [0.25, 0.3) is 0 Å². The smallest absolute Gasteiger partial charge is 0.126 e. The second kappa shape index (κ2) is 4.35. The van der Waals surface area contributed by atoms with Crippen LogP contribution in [0, 0.1) is 5.92 Å². The highest BCUT2D eigenvalue weighted by atomic mass is 15.1. The molecule has 3 heteroatoms. The molecule has 0 aromatic carbocycles. The fourth-order valence-corrected chi connectivity index (χ4v) is 2.22. The van der Waals surface area contributed by atoms with Gasteiger partial charge in [0.2, 0.25) is 0 Å². The summed E-state index contributed by atoms with van der Waals surface area (Å²) in [6, 6.07) is 0.424. The minimum absolute atomic E-state index is 0.424. The van der Waals surface area contributed by atoms with E-state index in [2.05, 4.69) is 36.9 Å². The summed E-state index contributed by atoms with van der Waals surface area (Å²) >= 11 is 0. The topological polar surface area (TPSA) is 29.9 Å². The first-order chi connectivity index (χ1) is 7.22. The van der Waals surface area contributed by atoms with Gasteiger partial charge in [-0.1, -0.05) is 20.8 Å². The number of hydrogen-bond donors (Lipinski definition) is 1. The number of rotatable bonds is 2. The number of fused-ring (bicyclic) bond motifs is 1. The molecule has 0 radical (unpaired) electrons. The van der Waals surface area contributed by atoms with E-state index < -0.39 is 0 Å². The van der Waals surface area contributed by atoms with E-state index in [0.29, 0.717) is 12.0 Å². The Bertz CT molecular complexity index is 328. The van der Waals surface area contributed by atoms with Crippen LogP contribution >= 0.6 is 0 Å². The van der Waals surface area contributed by atoms with Crippen LogP contribution in [0.2, 0.25) is 0 Å². The first-order valence-corrected chi connectivity index (χ1v) is 6.01. The first kappa shape index (κ1) is 10.7. The largest absolute Gasteiger partial charge is 0.333 e. The summed E-state index contributed by atoms with van der Waals surface area (Å²) in [5.74, 6) is 1.84. The molecular formula is C12H21N3. The van der Waals surface area contributed by atoms with Crippen LogP contribution in [-0.2, 0) is 13.0 Å². The van der Waals surface area contributed by atoms with Gasteiger partial charge in [0.05, 0.1) is 11.7 Å². The Hall–Kier alpha value is -0.830. The van der Waals surface area contributed by atoms with Crippen LogP contribution in [0.3, 0.4) is 0 Å². The zero-order valence-electron chi connectivity index (χ0n) is 9.95. The van der Waals surface area contributed by atoms with Crippen molar-refractivity contribution in [1.82, 2.24) is 14.9 Å². The summed E-state index contributed by atoms with van der Waals surface area (Å²) < 4.78 is 2.34. The van der Waals surface area contributed by atoms with Crippen molar-refractivity contribution in [3.8, 4) is 0 Å². The molecule has 0 saturated carbocycles. The maximum atomic E-state index is 4.73. The molecule has 1 aromatic heterocycles. The van der Waals surface area contributed by atoms with Gasteiger partial charge in [-0.2, -0.15) is 0 Å². The van der Waals surface area contributed by atoms with Gasteiger partial charge in [0.15, 0.2) is 0 Å². The highest BCUT2D eigenvalue weighted by Crippen LogP contribution is 2.23. The van der Waals surface area contributed by atoms with Crippen molar-refractivity contribution in [3.05, 3.63) is 17.7 Å². The first-order valence-electron chi connectivity index (χ1n) is 6.01. The molecule has 2 rings (SSSR count). The van der Waals surface area contributed by atoms with Gasteiger partial charge < -0.3 is 9.88 Å². The lowest BCUT2D eigenvalue weighted by molar-refractivity contribution is 0.405. The van der Waals surface area contributed by atoms with E-state index in [9.17, 15) is 0 Å². The Morgan fingerprint density at radius 2 is 2.40 bits per heavy atom. The third-order valence-corrected chi connectivity index (χ3v) is 3.10. The quantitative estimate of drug-likeness (QED) is 0.805. The molecule has 0 fully saturated rings. The van der Waals surface area contributed by atoms with Crippen LogP contribution in [0.5, 0.6) is 0 Å². The molecule has 3 nitrogen and oxygen atoms in total. The monoisotopic (exact) mass is 207 g/mol. The molecule has 1 atom stereocenters. The molecule has 0 saturated heterocycles. The third kappa shape index (κ3) is 2.07. The Morgan fingerprint density at radius 3 is 3.07 bits per heavy atom. The van der Waals surface area contributed by atoms with Crippen LogP contribution in [0.15, 0.2) is 6.20 Å². The molecule has 1 aliphatic heterocycles. The van der Waals surface area contributed by atoms with Crippen molar-refractivity contribution in [1.29, 1.82) is 0 Å². The molecule has 1 aliphatic rings. The summed E-state index contributed by atoms with van der Waals surface area (Å²) in [4.78, 5) is 4.73. The molecule has 0 bridgehead atoms. The van der Waals surface area contributed by atoms with Crippen LogP contribution in [-0.4, -0.2) is 16.1 Å². The zero-order valence-corrected chi connectivity index (χ0v) is 9.95. The van der Waals surface area contributed by atoms with Crippen LogP contribution < -0.4 is 5.32 Å². The molecular weight excluding hydrogens is 186 g/mol. The van der Waals surface area contributed by atoms with Gasteiger partial charge in [0, 0.05) is 12.7 Å². The van der Waals surface area contributed by atoms with Gasteiger partial charge in [-0.3, -0.25) is 0 Å². The van der Waals surface area contributed by atoms with E-state index in [1.54, 1.807) is 0 Å². The average Bonchev–Trinajstić information content (AvgIpc) is 2.51. The normalized spacial score (nSPS) is 21.5. The number of aromatic nitrogens is 2. The van der Waals surface area contributed by atoms with Gasteiger partial charge in [-0.15, -0.1) is 0 Å². The van der Waals surface area contributed by atoms with E-state index in [1.165, 1.54) is 17.9 Å². The van der Waals surface area contributed by atoms with Gasteiger partial charge in [-0.25, -0.2) is 4.98 Å². The second-order valence-corrected chi connectivity index (χ2v) is 4.67. The van der Waals surface area contributed by atoms with Crippen molar-refractivity contribution in [2.45, 2.75) is 46.2 Å². The van der Waals surface area contributed by atoms with Crippen molar-refractivity contribution in [2.24, 2.45) is 5.92 Å².